The van der Waals surface area contributed by atoms with E-state index in [0.717, 1.165) is 16.5 Å². The third-order valence-corrected chi connectivity index (χ3v) is 9.50. The standard InChI is InChI=1S/C21H20O2Se/c1-23-16-7-4-12(5-8-16)20-17-9-6-15(22)11-18(17)19-13-2-3-14(10-13)21(19)24-20/h2-9,13-14,18-19,21H,10-11H2,1H3/t13-,14+,18?,19+,21+/m0/s1. The second-order valence-corrected chi connectivity index (χ2v) is 9.72. The first-order valence-corrected chi connectivity index (χ1v) is 10.5. The quantitative estimate of drug-likeness (QED) is 0.572. The van der Waals surface area contributed by atoms with E-state index in [1.54, 1.807) is 13.2 Å². The summed E-state index contributed by atoms with van der Waals surface area (Å²) in [6.45, 7) is 0. The van der Waals surface area contributed by atoms with Gasteiger partial charge in [-0.05, 0) is 0 Å². The average Bonchev–Trinajstić information content (AvgIpc) is 3.23. The molecule has 1 saturated carbocycles. The SMILES string of the molecule is COc1ccc(C2=C3C=CC(=O)CC3[C@@H]3[C@H]([Se]2)[C@@H]2C=C[C@H]3C2)cc1. The molecule has 2 bridgehead atoms. The molecule has 1 heterocycles. The Morgan fingerprint density at radius 3 is 2.67 bits per heavy atom. The number of carbonyl (C=O) groups is 1. The summed E-state index contributed by atoms with van der Waals surface area (Å²) < 4.78 is 6.82. The van der Waals surface area contributed by atoms with Gasteiger partial charge in [0.2, 0.25) is 0 Å². The Balaban J connectivity index is 1.61. The van der Waals surface area contributed by atoms with Crippen LogP contribution in [-0.4, -0.2) is 27.8 Å². The van der Waals surface area contributed by atoms with Crippen LogP contribution in [0.15, 0.2) is 54.1 Å². The average molecular weight is 383 g/mol. The number of ketones is 1. The number of rotatable bonds is 2. The topological polar surface area (TPSA) is 26.3 Å². The molecule has 1 unspecified atom stereocenters. The van der Waals surface area contributed by atoms with Crippen LogP contribution in [0.4, 0.5) is 0 Å². The summed E-state index contributed by atoms with van der Waals surface area (Å²) in [6.07, 6.45) is 10.8. The van der Waals surface area contributed by atoms with Gasteiger partial charge in [0.15, 0.2) is 0 Å². The first kappa shape index (κ1) is 14.7. The molecule has 5 atom stereocenters. The number of allylic oxidation sites excluding steroid dienone is 5. The molecule has 0 spiro atoms. The Labute approximate surface area is 148 Å². The molecule has 1 fully saturated rings. The van der Waals surface area contributed by atoms with Crippen molar-refractivity contribution in [3.63, 3.8) is 0 Å². The predicted octanol–water partition coefficient (Wildman–Crippen LogP) is 3.88. The molecule has 3 aliphatic carbocycles. The van der Waals surface area contributed by atoms with Crippen LogP contribution in [0.3, 0.4) is 0 Å². The summed E-state index contributed by atoms with van der Waals surface area (Å²) in [4.78, 5) is 12.9. The van der Waals surface area contributed by atoms with Crippen molar-refractivity contribution in [1.82, 2.24) is 0 Å². The molecule has 0 N–H and O–H groups in total. The molecule has 2 nitrogen and oxygen atoms in total. The predicted molar refractivity (Wildman–Crippen MR) is 95.9 cm³/mol. The van der Waals surface area contributed by atoms with Crippen LogP contribution in [0.1, 0.15) is 18.4 Å². The second-order valence-electron chi connectivity index (χ2n) is 7.23. The number of hydrogen-bond acceptors (Lipinski definition) is 2. The van der Waals surface area contributed by atoms with Crippen molar-refractivity contribution < 1.29 is 9.53 Å². The van der Waals surface area contributed by atoms with E-state index in [4.69, 9.17) is 4.74 Å². The number of carbonyl (C=O) groups excluding carboxylic acids is 1. The molecule has 5 rings (SSSR count). The Morgan fingerprint density at radius 1 is 1.08 bits per heavy atom. The molecule has 0 saturated heterocycles. The van der Waals surface area contributed by atoms with E-state index >= 15 is 0 Å². The van der Waals surface area contributed by atoms with Gasteiger partial charge in [-0.1, -0.05) is 0 Å². The summed E-state index contributed by atoms with van der Waals surface area (Å²) >= 11 is 0.472. The van der Waals surface area contributed by atoms with Crippen molar-refractivity contribution in [2.24, 2.45) is 23.7 Å². The number of ether oxygens (including phenoxy) is 1. The fourth-order valence-electron chi connectivity index (χ4n) is 4.98. The molecule has 24 heavy (non-hydrogen) atoms. The van der Waals surface area contributed by atoms with E-state index in [-0.39, 0.29) is 0 Å². The van der Waals surface area contributed by atoms with Crippen LogP contribution in [0.2, 0.25) is 4.82 Å². The van der Waals surface area contributed by atoms with E-state index < -0.39 is 0 Å². The molecule has 4 aliphatic rings. The summed E-state index contributed by atoms with van der Waals surface area (Å²) in [5.41, 5.74) is 2.77. The molecule has 0 radical (unpaired) electrons. The van der Waals surface area contributed by atoms with E-state index in [1.165, 1.54) is 22.0 Å². The maximum absolute atomic E-state index is 12.1. The first-order valence-electron chi connectivity index (χ1n) is 8.69. The fraction of sp³-hybridized carbons (Fsp3) is 0.381. The van der Waals surface area contributed by atoms with Gasteiger partial charge in [0.05, 0.1) is 0 Å². The van der Waals surface area contributed by atoms with Crippen LogP contribution < -0.4 is 4.74 Å². The van der Waals surface area contributed by atoms with Gasteiger partial charge in [-0.2, -0.15) is 0 Å². The third kappa shape index (κ3) is 2.11. The molecule has 1 aromatic rings. The third-order valence-electron chi connectivity index (χ3n) is 6.05. The Hall–Kier alpha value is -1.57. The van der Waals surface area contributed by atoms with Crippen LogP contribution in [0, 0.1) is 23.7 Å². The van der Waals surface area contributed by atoms with Gasteiger partial charge in [-0.25, -0.2) is 0 Å². The van der Waals surface area contributed by atoms with Gasteiger partial charge in [0, 0.05) is 0 Å². The van der Waals surface area contributed by atoms with Gasteiger partial charge in [0.1, 0.15) is 0 Å². The van der Waals surface area contributed by atoms with Gasteiger partial charge in [-0.15, -0.1) is 0 Å². The maximum atomic E-state index is 12.1. The number of hydrogen-bond donors (Lipinski definition) is 0. The zero-order chi connectivity index (χ0) is 16.3. The summed E-state index contributed by atoms with van der Waals surface area (Å²) in [6, 6.07) is 8.48. The van der Waals surface area contributed by atoms with E-state index in [9.17, 15) is 4.79 Å². The Bertz CT molecular complexity index is 787. The number of fused-ring (bicyclic) bond motifs is 7. The monoisotopic (exact) mass is 384 g/mol. The van der Waals surface area contributed by atoms with Crippen molar-refractivity contribution >= 4 is 25.2 Å². The van der Waals surface area contributed by atoms with Gasteiger partial charge in [-0.3, -0.25) is 0 Å². The number of methoxy groups -OCH3 is 1. The van der Waals surface area contributed by atoms with E-state index in [0.29, 0.717) is 44.9 Å². The molecule has 0 amide bonds. The molecule has 1 aromatic carbocycles. The van der Waals surface area contributed by atoms with Crippen LogP contribution in [0.25, 0.3) is 4.47 Å². The van der Waals surface area contributed by atoms with Crippen LogP contribution in [-0.2, 0) is 4.79 Å². The summed E-state index contributed by atoms with van der Waals surface area (Å²) in [5, 5.41) is 0. The van der Waals surface area contributed by atoms with Crippen molar-refractivity contribution in [3.05, 3.63) is 59.7 Å². The second kappa shape index (κ2) is 5.47. The molecule has 3 heteroatoms. The molecular weight excluding hydrogens is 363 g/mol. The number of benzene rings is 1. The normalized spacial score (nSPS) is 36.0. The van der Waals surface area contributed by atoms with Gasteiger partial charge < -0.3 is 0 Å². The molecule has 0 aromatic heterocycles. The Morgan fingerprint density at radius 2 is 1.88 bits per heavy atom. The van der Waals surface area contributed by atoms with E-state index in [1.807, 2.05) is 0 Å². The van der Waals surface area contributed by atoms with Crippen molar-refractivity contribution in [1.29, 1.82) is 0 Å². The minimum absolute atomic E-state index is 0.303. The van der Waals surface area contributed by atoms with E-state index in [2.05, 4.69) is 42.5 Å². The Kier molecular flexibility index (Phi) is 3.36. The first-order chi connectivity index (χ1) is 11.7. The molecular formula is C21H20O2Se. The minimum atomic E-state index is 0.303. The van der Waals surface area contributed by atoms with Gasteiger partial charge in [0.25, 0.3) is 0 Å². The zero-order valence-electron chi connectivity index (χ0n) is 13.6. The van der Waals surface area contributed by atoms with Crippen molar-refractivity contribution in [2.75, 3.05) is 7.11 Å². The fourth-order valence-corrected chi connectivity index (χ4v) is 8.81. The zero-order valence-corrected chi connectivity index (χ0v) is 15.4. The van der Waals surface area contributed by atoms with Crippen molar-refractivity contribution in [2.45, 2.75) is 17.7 Å². The molecule has 1 aliphatic heterocycles. The van der Waals surface area contributed by atoms with Gasteiger partial charge >= 0.3 is 149 Å². The summed E-state index contributed by atoms with van der Waals surface area (Å²) in [7, 11) is 1.71. The summed E-state index contributed by atoms with van der Waals surface area (Å²) in [5.74, 6) is 3.79. The van der Waals surface area contributed by atoms with Crippen molar-refractivity contribution in [3.8, 4) is 5.75 Å². The van der Waals surface area contributed by atoms with Crippen LogP contribution >= 0.6 is 0 Å². The molecule has 122 valence electrons. The van der Waals surface area contributed by atoms with Crippen LogP contribution in [0.5, 0.6) is 5.75 Å².